The SMILES string of the molecule is Cc1ccc(Br)c2ccncc12. The Kier molecular flexibility index (Phi) is 1.85. The molecule has 0 spiro atoms. The van der Waals surface area contributed by atoms with E-state index in [1.54, 1.807) is 0 Å². The number of aromatic nitrogens is 1. The Bertz CT molecular complexity index is 383. The van der Waals surface area contributed by atoms with Crippen LogP contribution in [-0.2, 0) is 0 Å². The fourth-order valence-corrected chi connectivity index (χ4v) is 1.77. The number of halogens is 1. The molecule has 1 aromatic carbocycles. The minimum atomic E-state index is 1.13. The molecule has 60 valence electrons. The number of benzene rings is 1. The van der Waals surface area contributed by atoms with E-state index in [0.717, 1.165) is 4.47 Å². The molecule has 0 N–H and O–H groups in total. The number of aryl methyl sites for hydroxylation is 1. The summed E-state index contributed by atoms with van der Waals surface area (Å²) in [6, 6.07) is 6.18. The molecule has 0 saturated carbocycles. The van der Waals surface area contributed by atoms with Crippen LogP contribution in [0.4, 0.5) is 0 Å². The van der Waals surface area contributed by atoms with Gasteiger partial charge in [-0.15, -0.1) is 0 Å². The van der Waals surface area contributed by atoms with Gasteiger partial charge < -0.3 is 0 Å². The van der Waals surface area contributed by atoms with Crippen LogP contribution < -0.4 is 0 Å². The second-order valence-electron chi connectivity index (χ2n) is 2.79. The van der Waals surface area contributed by atoms with Gasteiger partial charge in [-0.25, -0.2) is 0 Å². The number of fused-ring (bicyclic) bond motifs is 1. The van der Waals surface area contributed by atoms with E-state index in [2.05, 4.69) is 40.0 Å². The Morgan fingerprint density at radius 2 is 2.00 bits per heavy atom. The van der Waals surface area contributed by atoms with E-state index in [1.165, 1.54) is 16.3 Å². The summed E-state index contributed by atoms with van der Waals surface area (Å²) in [5.74, 6) is 0. The van der Waals surface area contributed by atoms with Gasteiger partial charge >= 0.3 is 0 Å². The largest absolute Gasteiger partial charge is 0.264 e. The Morgan fingerprint density at radius 1 is 1.17 bits per heavy atom. The Labute approximate surface area is 79.6 Å². The Balaban J connectivity index is 2.95. The maximum absolute atomic E-state index is 4.09. The molecule has 2 rings (SSSR count). The first-order valence-electron chi connectivity index (χ1n) is 3.78. The molecule has 0 aliphatic carbocycles. The summed E-state index contributed by atoms with van der Waals surface area (Å²) >= 11 is 3.50. The lowest BCUT2D eigenvalue weighted by molar-refractivity contribution is 1.35. The monoisotopic (exact) mass is 221 g/mol. The van der Waals surface area contributed by atoms with Crippen LogP contribution in [-0.4, -0.2) is 4.98 Å². The molecule has 0 saturated heterocycles. The highest BCUT2D eigenvalue weighted by atomic mass is 79.9. The molecular weight excluding hydrogens is 214 g/mol. The first kappa shape index (κ1) is 7.74. The van der Waals surface area contributed by atoms with Crippen molar-refractivity contribution < 1.29 is 0 Å². The molecule has 0 bridgehead atoms. The predicted octanol–water partition coefficient (Wildman–Crippen LogP) is 3.31. The summed E-state index contributed by atoms with van der Waals surface area (Å²) < 4.78 is 1.13. The summed E-state index contributed by atoms with van der Waals surface area (Å²) in [6.45, 7) is 2.09. The standard InChI is InChI=1S/C10H8BrN/c1-7-2-3-10(11)8-4-5-12-6-9(7)8/h2-6H,1H3. The topological polar surface area (TPSA) is 12.9 Å². The minimum absolute atomic E-state index is 1.13. The van der Waals surface area contributed by atoms with Crippen molar-refractivity contribution >= 4 is 26.7 Å². The van der Waals surface area contributed by atoms with Gasteiger partial charge in [0.05, 0.1) is 0 Å². The number of hydrogen-bond acceptors (Lipinski definition) is 1. The molecule has 2 heteroatoms. The maximum Gasteiger partial charge on any atom is 0.0349 e. The second-order valence-corrected chi connectivity index (χ2v) is 3.64. The van der Waals surface area contributed by atoms with Crippen LogP contribution in [0, 0.1) is 6.92 Å². The zero-order chi connectivity index (χ0) is 8.55. The Morgan fingerprint density at radius 3 is 2.75 bits per heavy atom. The molecule has 0 atom stereocenters. The minimum Gasteiger partial charge on any atom is -0.264 e. The molecule has 0 aliphatic rings. The normalized spacial score (nSPS) is 10.5. The van der Waals surface area contributed by atoms with Gasteiger partial charge in [0.25, 0.3) is 0 Å². The highest BCUT2D eigenvalue weighted by Crippen LogP contribution is 2.25. The average Bonchev–Trinajstić information content (AvgIpc) is 2.12. The van der Waals surface area contributed by atoms with Crippen molar-refractivity contribution in [3.05, 3.63) is 40.6 Å². The lowest BCUT2D eigenvalue weighted by Crippen LogP contribution is -1.80. The second kappa shape index (κ2) is 2.87. The highest BCUT2D eigenvalue weighted by Gasteiger charge is 1.99. The first-order chi connectivity index (χ1) is 5.79. The summed E-state index contributed by atoms with van der Waals surface area (Å²) in [5.41, 5.74) is 1.27. The highest BCUT2D eigenvalue weighted by molar-refractivity contribution is 9.10. The van der Waals surface area contributed by atoms with Gasteiger partial charge in [-0.1, -0.05) is 22.0 Å². The number of pyridine rings is 1. The van der Waals surface area contributed by atoms with Crippen molar-refractivity contribution in [2.45, 2.75) is 6.92 Å². The van der Waals surface area contributed by atoms with Crippen LogP contribution in [0.15, 0.2) is 35.1 Å². The van der Waals surface area contributed by atoms with Crippen LogP contribution in [0.5, 0.6) is 0 Å². The van der Waals surface area contributed by atoms with Crippen LogP contribution in [0.1, 0.15) is 5.56 Å². The van der Waals surface area contributed by atoms with E-state index in [1.807, 2.05) is 18.5 Å². The third-order valence-corrected chi connectivity index (χ3v) is 2.67. The van der Waals surface area contributed by atoms with Crippen LogP contribution >= 0.6 is 15.9 Å². The van der Waals surface area contributed by atoms with Gasteiger partial charge in [-0.05, 0) is 30.0 Å². The predicted molar refractivity (Wildman–Crippen MR) is 54.2 cm³/mol. The van der Waals surface area contributed by atoms with E-state index in [-0.39, 0.29) is 0 Å². The summed E-state index contributed by atoms with van der Waals surface area (Å²) in [4.78, 5) is 4.09. The molecule has 2 aromatic rings. The van der Waals surface area contributed by atoms with Crippen LogP contribution in [0.2, 0.25) is 0 Å². The molecule has 1 aromatic heterocycles. The summed E-state index contributed by atoms with van der Waals surface area (Å²) in [5, 5.41) is 2.44. The summed E-state index contributed by atoms with van der Waals surface area (Å²) in [6.07, 6.45) is 3.71. The molecule has 12 heavy (non-hydrogen) atoms. The van der Waals surface area contributed by atoms with E-state index < -0.39 is 0 Å². The molecule has 1 nitrogen and oxygen atoms in total. The van der Waals surface area contributed by atoms with E-state index in [0.29, 0.717) is 0 Å². The van der Waals surface area contributed by atoms with Crippen molar-refractivity contribution in [2.75, 3.05) is 0 Å². The lowest BCUT2D eigenvalue weighted by Gasteiger charge is -2.02. The molecule has 0 aliphatic heterocycles. The van der Waals surface area contributed by atoms with Gasteiger partial charge in [0.2, 0.25) is 0 Å². The molecule has 1 heterocycles. The van der Waals surface area contributed by atoms with Gasteiger partial charge in [0, 0.05) is 22.3 Å². The van der Waals surface area contributed by atoms with Gasteiger partial charge in [-0.3, -0.25) is 4.98 Å². The molecular formula is C10H8BrN. The third kappa shape index (κ3) is 1.12. The van der Waals surface area contributed by atoms with Crippen molar-refractivity contribution in [3.63, 3.8) is 0 Å². The molecule has 0 amide bonds. The molecule has 0 radical (unpaired) electrons. The van der Waals surface area contributed by atoms with E-state index in [4.69, 9.17) is 0 Å². The van der Waals surface area contributed by atoms with Crippen molar-refractivity contribution in [2.24, 2.45) is 0 Å². The van der Waals surface area contributed by atoms with Crippen molar-refractivity contribution in [1.82, 2.24) is 4.98 Å². The van der Waals surface area contributed by atoms with Crippen molar-refractivity contribution in [1.29, 1.82) is 0 Å². The van der Waals surface area contributed by atoms with Gasteiger partial charge in [0.15, 0.2) is 0 Å². The smallest absolute Gasteiger partial charge is 0.0349 e. The van der Waals surface area contributed by atoms with Gasteiger partial charge in [-0.2, -0.15) is 0 Å². The Hall–Kier alpha value is -0.890. The zero-order valence-corrected chi connectivity index (χ0v) is 8.30. The van der Waals surface area contributed by atoms with E-state index >= 15 is 0 Å². The first-order valence-corrected chi connectivity index (χ1v) is 4.57. The number of nitrogens with zero attached hydrogens (tertiary/aromatic N) is 1. The van der Waals surface area contributed by atoms with E-state index in [9.17, 15) is 0 Å². The molecule has 0 unspecified atom stereocenters. The molecule has 0 fully saturated rings. The fourth-order valence-electron chi connectivity index (χ4n) is 1.29. The number of hydrogen-bond donors (Lipinski definition) is 0. The van der Waals surface area contributed by atoms with Crippen molar-refractivity contribution in [3.8, 4) is 0 Å². The third-order valence-electron chi connectivity index (χ3n) is 1.98. The van der Waals surface area contributed by atoms with Crippen LogP contribution in [0.25, 0.3) is 10.8 Å². The number of rotatable bonds is 0. The average molecular weight is 222 g/mol. The fraction of sp³-hybridized carbons (Fsp3) is 0.100. The zero-order valence-electron chi connectivity index (χ0n) is 6.71. The van der Waals surface area contributed by atoms with Gasteiger partial charge in [0.1, 0.15) is 0 Å². The quantitative estimate of drug-likeness (QED) is 0.666. The lowest BCUT2D eigenvalue weighted by atomic mass is 10.1. The summed E-state index contributed by atoms with van der Waals surface area (Å²) in [7, 11) is 0. The maximum atomic E-state index is 4.09. The van der Waals surface area contributed by atoms with Crippen LogP contribution in [0.3, 0.4) is 0 Å².